The molecule has 1 N–H and O–H groups in total. The maximum absolute atomic E-state index is 4.35. The molecule has 2 nitrogen and oxygen atoms in total. The smallest absolute Gasteiger partial charge is 0.0898 e. The number of hydrogen-bond donors (Lipinski definition) is 2. The van der Waals surface area contributed by atoms with Crippen LogP contribution >= 0.6 is 12.6 Å². The fraction of sp³-hybridized carbons (Fsp3) is 0.556. The lowest BCUT2D eigenvalue weighted by atomic mass is 10.3. The van der Waals surface area contributed by atoms with Gasteiger partial charge in [0.05, 0.1) is 5.37 Å². The Kier molecular flexibility index (Phi) is 2.30. The molecule has 1 saturated heterocycles. The number of likely N-dealkylation sites (tertiary alicyclic amines) is 1. The van der Waals surface area contributed by atoms with Gasteiger partial charge in [-0.2, -0.15) is 12.6 Å². The highest BCUT2D eigenvalue weighted by molar-refractivity contribution is 7.81. The van der Waals surface area contributed by atoms with Crippen LogP contribution in [-0.2, 0) is 0 Å². The quantitative estimate of drug-likeness (QED) is 0.595. The summed E-state index contributed by atoms with van der Waals surface area (Å²) in [4.78, 5) is 2.42. The molecule has 0 spiro atoms. The standard InChI is InChI=1S/C9H14N2S/c12-9-7-8(3-4-10-9)11-5-1-2-6-11/h3-4,7,9-10,12H,1-2,5-6H2. The molecular formula is C9H14N2S. The SMILES string of the molecule is SC1C=C(N2CCCC2)C=CN1. The Morgan fingerprint density at radius 2 is 2.17 bits per heavy atom. The van der Waals surface area contributed by atoms with E-state index in [1.54, 1.807) is 0 Å². The summed E-state index contributed by atoms with van der Waals surface area (Å²) < 4.78 is 0. The third-order valence-electron chi connectivity index (χ3n) is 2.32. The maximum atomic E-state index is 4.35. The molecule has 1 fully saturated rings. The molecule has 2 rings (SSSR count). The first-order valence-corrected chi connectivity index (χ1v) is 4.95. The van der Waals surface area contributed by atoms with Crippen LogP contribution in [0, 0.1) is 0 Å². The van der Waals surface area contributed by atoms with Crippen LogP contribution in [-0.4, -0.2) is 23.4 Å². The summed E-state index contributed by atoms with van der Waals surface area (Å²) in [6.07, 6.45) is 8.92. The van der Waals surface area contributed by atoms with E-state index in [2.05, 4.69) is 35.0 Å². The molecule has 0 aromatic heterocycles. The zero-order valence-electron chi connectivity index (χ0n) is 7.03. The number of allylic oxidation sites excluding steroid dienone is 1. The second-order valence-electron chi connectivity index (χ2n) is 3.23. The van der Waals surface area contributed by atoms with E-state index in [-0.39, 0.29) is 5.37 Å². The number of hydrogen-bond acceptors (Lipinski definition) is 3. The van der Waals surface area contributed by atoms with E-state index in [0.717, 1.165) is 0 Å². The molecule has 1 atom stereocenters. The lowest BCUT2D eigenvalue weighted by Gasteiger charge is -2.23. The van der Waals surface area contributed by atoms with Crippen LogP contribution in [0.25, 0.3) is 0 Å². The second-order valence-corrected chi connectivity index (χ2v) is 3.79. The number of thiol groups is 1. The Balaban J connectivity index is 2.06. The molecular weight excluding hydrogens is 168 g/mol. The molecule has 0 amide bonds. The van der Waals surface area contributed by atoms with Gasteiger partial charge in [-0.3, -0.25) is 0 Å². The average molecular weight is 182 g/mol. The van der Waals surface area contributed by atoms with E-state index >= 15 is 0 Å². The summed E-state index contributed by atoms with van der Waals surface area (Å²) >= 11 is 4.35. The van der Waals surface area contributed by atoms with Gasteiger partial charge in [-0.15, -0.1) is 0 Å². The predicted octanol–water partition coefficient (Wildman–Crippen LogP) is 1.34. The monoisotopic (exact) mass is 182 g/mol. The van der Waals surface area contributed by atoms with Crippen LogP contribution in [0.3, 0.4) is 0 Å². The van der Waals surface area contributed by atoms with Crippen LogP contribution in [0.2, 0.25) is 0 Å². The Morgan fingerprint density at radius 1 is 1.42 bits per heavy atom. The van der Waals surface area contributed by atoms with Gasteiger partial charge in [0.25, 0.3) is 0 Å². The first kappa shape index (κ1) is 8.05. The molecule has 1 unspecified atom stereocenters. The molecule has 0 bridgehead atoms. The Hall–Kier alpha value is -0.570. The van der Waals surface area contributed by atoms with Crippen molar-refractivity contribution in [1.29, 1.82) is 0 Å². The summed E-state index contributed by atoms with van der Waals surface area (Å²) in [5, 5.41) is 3.30. The van der Waals surface area contributed by atoms with Crippen LogP contribution in [0.5, 0.6) is 0 Å². The highest BCUT2D eigenvalue weighted by Crippen LogP contribution is 2.18. The van der Waals surface area contributed by atoms with E-state index in [4.69, 9.17) is 0 Å². The Morgan fingerprint density at radius 3 is 2.83 bits per heavy atom. The van der Waals surface area contributed by atoms with Gasteiger partial charge in [-0.1, -0.05) is 0 Å². The molecule has 2 aliphatic rings. The van der Waals surface area contributed by atoms with Gasteiger partial charge in [-0.25, -0.2) is 0 Å². The predicted molar refractivity (Wildman–Crippen MR) is 53.9 cm³/mol. The number of dihydropyridines is 1. The zero-order valence-corrected chi connectivity index (χ0v) is 7.93. The molecule has 0 aliphatic carbocycles. The van der Waals surface area contributed by atoms with Gasteiger partial charge in [0.1, 0.15) is 0 Å². The lowest BCUT2D eigenvalue weighted by Crippen LogP contribution is -2.25. The highest BCUT2D eigenvalue weighted by Gasteiger charge is 2.15. The molecule has 2 heterocycles. The molecule has 3 heteroatoms. The van der Waals surface area contributed by atoms with Gasteiger partial charge in [0.2, 0.25) is 0 Å². The lowest BCUT2D eigenvalue weighted by molar-refractivity contribution is 0.435. The normalized spacial score (nSPS) is 28.6. The Bertz CT molecular complexity index is 217. The minimum Gasteiger partial charge on any atom is -0.376 e. The molecule has 2 aliphatic heterocycles. The van der Waals surface area contributed by atoms with Crippen molar-refractivity contribution in [3.05, 3.63) is 24.0 Å². The van der Waals surface area contributed by atoms with E-state index in [9.17, 15) is 0 Å². The van der Waals surface area contributed by atoms with Crippen molar-refractivity contribution in [1.82, 2.24) is 10.2 Å². The molecule has 66 valence electrons. The van der Waals surface area contributed by atoms with E-state index in [0.29, 0.717) is 0 Å². The minimum atomic E-state index is 0.186. The first-order chi connectivity index (χ1) is 5.86. The van der Waals surface area contributed by atoms with Gasteiger partial charge < -0.3 is 10.2 Å². The molecule has 0 radical (unpaired) electrons. The maximum Gasteiger partial charge on any atom is 0.0898 e. The topological polar surface area (TPSA) is 15.3 Å². The largest absolute Gasteiger partial charge is 0.376 e. The van der Waals surface area contributed by atoms with Gasteiger partial charge in [0, 0.05) is 18.8 Å². The van der Waals surface area contributed by atoms with Gasteiger partial charge in [0.15, 0.2) is 0 Å². The van der Waals surface area contributed by atoms with Crippen LogP contribution in [0.1, 0.15) is 12.8 Å². The fourth-order valence-corrected chi connectivity index (χ4v) is 1.92. The van der Waals surface area contributed by atoms with Crippen molar-refractivity contribution in [2.75, 3.05) is 13.1 Å². The zero-order chi connectivity index (χ0) is 8.39. The molecule has 0 saturated carbocycles. The van der Waals surface area contributed by atoms with Gasteiger partial charge >= 0.3 is 0 Å². The van der Waals surface area contributed by atoms with Crippen molar-refractivity contribution in [3.63, 3.8) is 0 Å². The van der Waals surface area contributed by atoms with Gasteiger partial charge in [-0.05, 0) is 31.2 Å². The van der Waals surface area contributed by atoms with Crippen LogP contribution in [0.4, 0.5) is 0 Å². The van der Waals surface area contributed by atoms with Crippen molar-refractivity contribution in [2.45, 2.75) is 18.2 Å². The number of nitrogens with one attached hydrogen (secondary N) is 1. The molecule has 0 aromatic rings. The summed E-state index contributed by atoms with van der Waals surface area (Å²) in [6.45, 7) is 2.41. The minimum absolute atomic E-state index is 0.186. The first-order valence-electron chi connectivity index (χ1n) is 4.44. The summed E-state index contributed by atoms with van der Waals surface area (Å²) in [5.74, 6) is 0. The van der Waals surface area contributed by atoms with E-state index < -0.39 is 0 Å². The number of nitrogens with zero attached hydrogens (tertiary/aromatic N) is 1. The second kappa shape index (κ2) is 3.44. The summed E-state index contributed by atoms with van der Waals surface area (Å²) in [6, 6.07) is 0. The van der Waals surface area contributed by atoms with E-state index in [1.807, 2.05) is 6.20 Å². The fourth-order valence-electron chi connectivity index (χ4n) is 1.68. The summed E-state index contributed by atoms with van der Waals surface area (Å²) in [5.41, 5.74) is 1.33. The van der Waals surface area contributed by atoms with E-state index in [1.165, 1.54) is 31.6 Å². The summed E-state index contributed by atoms with van der Waals surface area (Å²) in [7, 11) is 0. The average Bonchev–Trinajstić information content (AvgIpc) is 2.56. The highest BCUT2D eigenvalue weighted by atomic mass is 32.1. The van der Waals surface area contributed by atoms with Crippen molar-refractivity contribution < 1.29 is 0 Å². The number of rotatable bonds is 1. The van der Waals surface area contributed by atoms with Crippen LogP contribution < -0.4 is 5.32 Å². The third-order valence-corrected chi connectivity index (χ3v) is 2.62. The third kappa shape index (κ3) is 1.61. The Labute approximate surface area is 78.7 Å². The van der Waals surface area contributed by atoms with Crippen molar-refractivity contribution in [3.8, 4) is 0 Å². The van der Waals surface area contributed by atoms with Crippen molar-refractivity contribution >= 4 is 12.6 Å². The molecule has 12 heavy (non-hydrogen) atoms. The molecule has 0 aromatic carbocycles. The van der Waals surface area contributed by atoms with Crippen LogP contribution in [0.15, 0.2) is 24.0 Å². The van der Waals surface area contributed by atoms with Crippen molar-refractivity contribution in [2.24, 2.45) is 0 Å².